The molecule has 0 spiro atoms. The van der Waals surface area contributed by atoms with Crippen LogP contribution in [-0.2, 0) is 6.54 Å². The van der Waals surface area contributed by atoms with Crippen molar-refractivity contribution >= 4 is 40.6 Å². The predicted octanol–water partition coefficient (Wildman–Crippen LogP) is 5.10. The molecule has 0 bridgehead atoms. The van der Waals surface area contributed by atoms with Crippen molar-refractivity contribution in [3.63, 3.8) is 0 Å². The van der Waals surface area contributed by atoms with E-state index in [-0.39, 0.29) is 0 Å². The molecule has 1 heterocycles. The molecule has 0 aliphatic rings. The average Bonchev–Trinajstić information content (AvgIpc) is 2.74. The third kappa shape index (κ3) is 7.47. The number of aryl methyl sites for hydroxylation is 2. The molecule has 7 heteroatoms. The summed E-state index contributed by atoms with van der Waals surface area (Å²) < 4.78 is 0. The molecular weight excluding hydrogens is 422 g/mol. The van der Waals surface area contributed by atoms with Gasteiger partial charge in [-0.05, 0) is 60.4 Å². The molecule has 0 atom stereocenters. The zero-order valence-corrected chi connectivity index (χ0v) is 19.6. The maximum atomic E-state index is 5.61. The van der Waals surface area contributed by atoms with Gasteiger partial charge in [0.15, 0.2) is 0 Å². The number of thioether (sulfide) groups is 1. The summed E-state index contributed by atoms with van der Waals surface area (Å²) >= 11 is 7.25. The van der Waals surface area contributed by atoms with E-state index in [0.29, 0.717) is 23.2 Å². The van der Waals surface area contributed by atoms with Crippen LogP contribution in [0.3, 0.4) is 0 Å². The molecule has 1 aromatic heterocycles. The van der Waals surface area contributed by atoms with Gasteiger partial charge >= 0.3 is 0 Å². The van der Waals surface area contributed by atoms with E-state index in [4.69, 9.17) is 12.2 Å². The largest absolute Gasteiger partial charge is 0.347 e. The number of nitrogens with one attached hydrogen (secondary N) is 3. The van der Waals surface area contributed by atoms with Crippen molar-refractivity contribution in [3.05, 3.63) is 94.3 Å². The smallest absolute Gasteiger partial charge is 0.227 e. The van der Waals surface area contributed by atoms with Gasteiger partial charge in [0.2, 0.25) is 5.95 Å². The van der Waals surface area contributed by atoms with Crippen molar-refractivity contribution in [2.24, 2.45) is 0 Å². The fraction of sp³-hybridized carbons (Fsp3) is 0.208. The number of nitrogens with zero attached hydrogens (tertiary/aromatic N) is 2. The van der Waals surface area contributed by atoms with Crippen molar-refractivity contribution in [1.82, 2.24) is 20.6 Å². The second-order valence-corrected chi connectivity index (χ2v) is 8.30. The van der Waals surface area contributed by atoms with Gasteiger partial charge in [-0.2, -0.15) is 0 Å². The molecule has 0 saturated carbocycles. The lowest BCUT2D eigenvalue weighted by Gasteiger charge is -2.14. The first-order valence-electron chi connectivity index (χ1n) is 9.99. The first-order valence-corrected chi connectivity index (χ1v) is 11.7. The molecule has 0 aliphatic carbocycles. The molecule has 0 saturated heterocycles. The molecule has 3 aromatic rings. The lowest BCUT2D eigenvalue weighted by atomic mass is 10.1. The molecule has 0 unspecified atom stereocenters. The van der Waals surface area contributed by atoms with Crippen LogP contribution in [-0.4, -0.2) is 27.8 Å². The molecule has 2 aromatic carbocycles. The minimum absolute atomic E-state index is 0.518. The topological polar surface area (TPSA) is 61.9 Å². The van der Waals surface area contributed by atoms with E-state index in [9.17, 15) is 0 Å². The number of benzene rings is 2. The minimum Gasteiger partial charge on any atom is -0.347 e. The average molecular weight is 450 g/mol. The van der Waals surface area contributed by atoms with E-state index in [0.717, 1.165) is 17.9 Å². The molecule has 5 nitrogen and oxygen atoms in total. The van der Waals surface area contributed by atoms with Gasteiger partial charge in [-0.3, -0.25) is 0 Å². The molecule has 0 fully saturated rings. The van der Waals surface area contributed by atoms with Crippen LogP contribution in [0.4, 0.5) is 11.6 Å². The highest BCUT2D eigenvalue weighted by Crippen LogP contribution is 2.17. The van der Waals surface area contributed by atoms with Gasteiger partial charge in [-0.25, -0.2) is 9.97 Å². The zero-order valence-electron chi connectivity index (χ0n) is 18.0. The number of rotatable bonds is 9. The second-order valence-electron chi connectivity index (χ2n) is 7.19. The monoisotopic (exact) mass is 449 g/mol. The summed E-state index contributed by atoms with van der Waals surface area (Å²) in [5.74, 6) is 0.518. The quantitative estimate of drug-likeness (QED) is 0.393. The number of aromatic nitrogens is 2. The van der Waals surface area contributed by atoms with Gasteiger partial charge in [0, 0.05) is 30.7 Å². The zero-order chi connectivity index (χ0) is 22.1. The van der Waals surface area contributed by atoms with Crippen LogP contribution in [0.1, 0.15) is 22.4 Å². The Bertz CT molecular complexity index is 1030. The van der Waals surface area contributed by atoms with Crippen LogP contribution in [0.15, 0.2) is 71.9 Å². The third-order valence-corrected chi connectivity index (χ3v) is 5.22. The number of hydrogen-bond acceptors (Lipinski definition) is 6. The lowest BCUT2D eigenvalue weighted by Crippen LogP contribution is -2.29. The van der Waals surface area contributed by atoms with Gasteiger partial charge in [-0.1, -0.05) is 48.6 Å². The molecule has 3 rings (SSSR count). The van der Waals surface area contributed by atoms with Crippen molar-refractivity contribution in [2.75, 3.05) is 18.1 Å². The Labute approximate surface area is 193 Å². The van der Waals surface area contributed by atoms with E-state index in [1.165, 1.54) is 16.7 Å². The van der Waals surface area contributed by atoms with Gasteiger partial charge in [0.1, 0.15) is 10.7 Å². The molecule has 31 heavy (non-hydrogen) atoms. The number of thiocarbonyl (C=S) groups is 1. The third-order valence-electron chi connectivity index (χ3n) is 4.39. The van der Waals surface area contributed by atoms with Crippen LogP contribution >= 0.6 is 24.0 Å². The van der Waals surface area contributed by atoms with E-state index < -0.39 is 0 Å². The normalized spacial score (nSPS) is 11.3. The molecule has 0 amide bonds. The summed E-state index contributed by atoms with van der Waals surface area (Å²) in [5, 5.41) is 12.1. The Hall–Kier alpha value is -2.74. The van der Waals surface area contributed by atoms with Crippen LogP contribution in [0.5, 0.6) is 0 Å². The van der Waals surface area contributed by atoms with Crippen LogP contribution in [0.25, 0.3) is 0 Å². The van der Waals surface area contributed by atoms with Gasteiger partial charge < -0.3 is 16.0 Å². The number of hydrogen-bond donors (Lipinski definition) is 3. The molecule has 3 N–H and O–H groups in total. The second kappa shape index (κ2) is 11.6. The maximum absolute atomic E-state index is 5.61. The Kier molecular flexibility index (Phi) is 8.58. The summed E-state index contributed by atoms with van der Waals surface area (Å²) in [5.41, 5.74) is 6.24. The molecule has 0 aliphatic heterocycles. The highest BCUT2D eigenvalue weighted by molar-refractivity contribution is 8.01. The first-order chi connectivity index (χ1) is 15.0. The minimum atomic E-state index is 0.518. The fourth-order valence-electron chi connectivity index (χ4n) is 3.13. The van der Waals surface area contributed by atoms with Crippen molar-refractivity contribution in [3.8, 4) is 0 Å². The lowest BCUT2D eigenvalue weighted by molar-refractivity contribution is 0.725. The standard InChI is InChI=1S/C24H27N5S2/c1-17-11-18(2)13-20(12-17)28-24-26-10-9-22(29-24)23(30)27-21(16-31-3)15-25-14-19-7-5-4-6-8-19/h4-13,16,25H,14-15H2,1-3H3,(H,27,30)(H,26,28,29)/b21-16+. The van der Waals surface area contributed by atoms with Gasteiger partial charge in [0.05, 0.1) is 0 Å². The summed E-state index contributed by atoms with van der Waals surface area (Å²) in [4.78, 5) is 9.49. The highest BCUT2D eigenvalue weighted by atomic mass is 32.2. The van der Waals surface area contributed by atoms with E-state index in [1.807, 2.05) is 30.5 Å². The number of anilines is 2. The van der Waals surface area contributed by atoms with Crippen molar-refractivity contribution < 1.29 is 0 Å². The predicted molar refractivity (Wildman–Crippen MR) is 136 cm³/mol. The summed E-state index contributed by atoms with van der Waals surface area (Å²) in [6.07, 6.45) is 3.74. The summed E-state index contributed by atoms with van der Waals surface area (Å²) in [7, 11) is 0. The van der Waals surface area contributed by atoms with Crippen LogP contribution < -0.4 is 16.0 Å². The first kappa shape index (κ1) is 22.9. The maximum Gasteiger partial charge on any atom is 0.227 e. The molecular formula is C24H27N5S2. The fourth-order valence-corrected chi connectivity index (χ4v) is 3.80. The summed E-state index contributed by atoms with van der Waals surface area (Å²) in [6, 6.07) is 18.4. The van der Waals surface area contributed by atoms with Crippen molar-refractivity contribution in [1.29, 1.82) is 0 Å². The molecule has 0 radical (unpaired) electrons. The van der Waals surface area contributed by atoms with Gasteiger partial charge in [-0.15, -0.1) is 11.8 Å². The van der Waals surface area contributed by atoms with E-state index in [2.05, 4.69) is 75.5 Å². The van der Waals surface area contributed by atoms with Gasteiger partial charge in [0.25, 0.3) is 0 Å². The Morgan fingerprint density at radius 1 is 1.06 bits per heavy atom. The highest BCUT2D eigenvalue weighted by Gasteiger charge is 2.08. The summed E-state index contributed by atoms with van der Waals surface area (Å²) in [6.45, 7) is 5.60. The Morgan fingerprint density at radius 3 is 2.52 bits per heavy atom. The Balaban J connectivity index is 1.62. The van der Waals surface area contributed by atoms with E-state index >= 15 is 0 Å². The van der Waals surface area contributed by atoms with Crippen LogP contribution in [0, 0.1) is 13.8 Å². The SMILES string of the molecule is CS/C=C(\CNCc1ccccc1)NC(=S)c1ccnc(Nc2cc(C)cc(C)c2)n1. The van der Waals surface area contributed by atoms with Crippen LogP contribution in [0.2, 0.25) is 0 Å². The van der Waals surface area contributed by atoms with E-state index in [1.54, 1.807) is 18.0 Å². The van der Waals surface area contributed by atoms with Crippen molar-refractivity contribution in [2.45, 2.75) is 20.4 Å². The molecule has 160 valence electrons. The Morgan fingerprint density at radius 2 is 1.81 bits per heavy atom.